The molecule has 0 spiro atoms. The van der Waals surface area contributed by atoms with Gasteiger partial charge in [-0.15, -0.1) is 12.4 Å². The van der Waals surface area contributed by atoms with Gasteiger partial charge in [0.15, 0.2) is 5.75 Å². The molecule has 0 heterocycles. The smallest absolute Gasteiger partial charge is 0.243 e. The maximum absolute atomic E-state index is 11.9. The lowest BCUT2D eigenvalue weighted by atomic mass is 10.2. The molecule has 0 aliphatic heterocycles. The number of ether oxygens (including phenoxy) is 2. The topological polar surface area (TPSA) is 73.6 Å². The van der Waals surface area contributed by atoms with Gasteiger partial charge in [-0.25, -0.2) is 0 Å². The second-order valence-corrected chi connectivity index (χ2v) is 5.04. The van der Waals surface area contributed by atoms with E-state index in [9.17, 15) is 4.79 Å². The quantitative estimate of drug-likeness (QED) is 0.786. The summed E-state index contributed by atoms with van der Waals surface area (Å²) in [5.41, 5.74) is 6.12. The fourth-order valence-corrected chi connectivity index (χ4v) is 2.35. The Morgan fingerprint density at radius 2 is 2.20 bits per heavy atom. The molecule has 1 aromatic rings. The fraction of sp³-hybridized carbons (Fsp3) is 0.417. The Labute approximate surface area is 137 Å². The lowest BCUT2D eigenvalue weighted by Crippen LogP contribution is -2.39. The molecule has 20 heavy (non-hydrogen) atoms. The Kier molecular flexibility index (Phi) is 9.16. The van der Waals surface area contributed by atoms with Crippen LogP contribution < -0.4 is 15.8 Å². The average Bonchev–Trinajstić information content (AvgIpc) is 2.33. The molecule has 3 N–H and O–H groups in total. The van der Waals surface area contributed by atoms with Crippen LogP contribution in [0.3, 0.4) is 0 Å². The van der Waals surface area contributed by atoms with E-state index in [-0.39, 0.29) is 24.9 Å². The van der Waals surface area contributed by atoms with Gasteiger partial charge in [-0.3, -0.25) is 4.79 Å². The third-order valence-corrected chi connectivity index (χ3v) is 3.05. The van der Waals surface area contributed by atoms with Crippen molar-refractivity contribution in [3.05, 3.63) is 21.6 Å². The monoisotopic (exact) mass is 386 g/mol. The lowest BCUT2D eigenvalue weighted by Gasteiger charge is -2.16. The Morgan fingerprint density at radius 1 is 1.55 bits per heavy atom. The molecule has 114 valence electrons. The number of rotatable bonds is 6. The zero-order valence-electron chi connectivity index (χ0n) is 11.1. The van der Waals surface area contributed by atoms with Crippen LogP contribution in [0.15, 0.2) is 16.6 Å². The molecular formula is C12H17BrCl2N2O3. The Bertz CT molecular complexity index is 461. The highest BCUT2D eigenvalue weighted by Gasteiger charge is 2.17. The Balaban J connectivity index is 0.00000361. The zero-order chi connectivity index (χ0) is 14.4. The van der Waals surface area contributed by atoms with Crippen molar-refractivity contribution in [2.24, 2.45) is 5.73 Å². The van der Waals surface area contributed by atoms with E-state index in [0.29, 0.717) is 27.5 Å². The first kappa shape index (κ1) is 19.5. The largest absolute Gasteiger partial charge is 0.491 e. The minimum absolute atomic E-state index is 0. The molecule has 0 fully saturated rings. The summed E-state index contributed by atoms with van der Waals surface area (Å²) in [6.07, 6.45) is 0. The van der Waals surface area contributed by atoms with Crippen molar-refractivity contribution in [1.82, 2.24) is 0 Å². The van der Waals surface area contributed by atoms with Crippen LogP contribution in [0.4, 0.5) is 5.69 Å². The first-order valence-corrected chi connectivity index (χ1v) is 6.83. The number of benzene rings is 1. The summed E-state index contributed by atoms with van der Waals surface area (Å²) in [4.78, 5) is 11.9. The molecule has 0 bridgehead atoms. The number of halogens is 3. The summed E-state index contributed by atoms with van der Waals surface area (Å²) >= 11 is 9.29. The van der Waals surface area contributed by atoms with E-state index in [1.807, 2.05) is 6.92 Å². The first-order chi connectivity index (χ1) is 8.99. The zero-order valence-corrected chi connectivity index (χ0v) is 14.3. The maximum atomic E-state index is 11.9. The molecule has 0 aliphatic carbocycles. The molecule has 1 unspecified atom stereocenters. The molecule has 0 aliphatic rings. The lowest BCUT2D eigenvalue weighted by molar-refractivity contribution is -0.118. The van der Waals surface area contributed by atoms with Gasteiger partial charge in [0.1, 0.15) is 6.04 Å². The van der Waals surface area contributed by atoms with E-state index in [4.69, 9.17) is 26.8 Å². The average molecular weight is 388 g/mol. The standard InChI is InChI=1S/C12H16BrClN2O3.ClH/c1-3-19-11-8(13)4-7(14)5-10(11)16-12(17)9(15)6-18-2;/h4-5,9H,3,6,15H2,1-2H3,(H,16,17);1H. The third-order valence-electron chi connectivity index (χ3n) is 2.24. The van der Waals surface area contributed by atoms with Crippen molar-refractivity contribution in [3.63, 3.8) is 0 Å². The van der Waals surface area contributed by atoms with Gasteiger partial charge >= 0.3 is 0 Å². The fourth-order valence-electron chi connectivity index (χ4n) is 1.42. The first-order valence-electron chi connectivity index (χ1n) is 5.66. The molecular weight excluding hydrogens is 371 g/mol. The van der Waals surface area contributed by atoms with Crippen molar-refractivity contribution in [2.75, 3.05) is 25.6 Å². The second-order valence-electron chi connectivity index (χ2n) is 3.75. The maximum Gasteiger partial charge on any atom is 0.243 e. The second kappa shape index (κ2) is 9.41. The molecule has 0 aromatic heterocycles. The predicted molar refractivity (Wildman–Crippen MR) is 86.1 cm³/mol. The summed E-state index contributed by atoms with van der Waals surface area (Å²) in [5.74, 6) is 0.154. The van der Waals surface area contributed by atoms with Gasteiger partial charge in [0.25, 0.3) is 0 Å². The van der Waals surface area contributed by atoms with Crippen molar-refractivity contribution >= 4 is 51.5 Å². The Morgan fingerprint density at radius 3 is 2.75 bits per heavy atom. The van der Waals surface area contributed by atoms with Crippen molar-refractivity contribution in [1.29, 1.82) is 0 Å². The molecule has 0 saturated carbocycles. The highest BCUT2D eigenvalue weighted by atomic mass is 79.9. The van der Waals surface area contributed by atoms with E-state index >= 15 is 0 Å². The van der Waals surface area contributed by atoms with Crippen molar-refractivity contribution < 1.29 is 14.3 Å². The number of hydrogen-bond donors (Lipinski definition) is 2. The van der Waals surface area contributed by atoms with Crippen LogP contribution in [-0.2, 0) is 9.53 Å². The number of amides is 1. The van der Waals surface area contributed by atoms with Crippen LogP contribution in [-0.4, -0.2) is 32.3 Å². The predicted octanol–water partition coefficient (Wildman–Crippen LogP) is 2.84. The molecule has 1 amide bonds. The molecule has 1 rings (SSSR count). The minimum atomic E-state index is -0.753. The molecule has 0 saturated heterocycles. The summed E-state index contributed by atoms with van der Waals surface area (Å²) in [6.45, 7) is 2.45. The number of nitrogens with two attached hydrogens (primary N) is 1. The summed E-state index contributed by atoms with van der Waals surface area (Å²) in [5, 5.41) is 3.16. The van der Waals surface area contributed by atoms with Crippen LogP contribution in [0.2, 0.25) is 5.02 Å². The number of carbonyl (C=O) groups is 1. The van der Waals surface area contributed by atoms with Crippen LogP contribution in [0.25, 0.3) is 0 Å². The van der Waals surface area contributed by atoms with Crippen LogP contribution in [0.1, 0.15) is 6.92 Å². The summed E-state index contributed by atoms with van der Waals surface area (Å²) < 4.78 is 11.0. The number of hydrogen-bond acceptors (Lipinski definition) is 4. The van der Waals surface area contributed by atoms with E-state index in [2.05, 4.69) is 21.2 Å². The molecule has 5 nitrogen and oxygen atoms in total. The SMILES string of the molecule is CCOc1c(Br)cc(Cl)cc1NC(=O)C(N)COC.Cl. The van der Waals surface area contributed by atoms with Crippen molar-refractivity contribution in [3.8, 4) is 5.75 Å². The third kappa shape index (κ3) is 5.46. The molecule has 1 atom stereocenters. The van der Waals surface area contributed by atoms with Gasteiger partial charge in [0.2, 0.25) is 5.91 Å². The Hall–Kier alpha value is -0.530. The van der Waals surface area contributed by atoms with Gasteiger partial charge < -0.3 is 20.5 Å². The minimum Gasteiger partial charge on any atom is -0.491 e. The number of methoxy groups -OCH3 is 1. The highest BCUT2D eigenvalue weighted by molar-refractivity contribution is 9.10. The number of carbonyl (C=O) groups excluding carboxylic acids is 1. The van der Waals surface area contributed by atoms with Crippen LogP contribution in [0, 0.1) is 0 Å². The summed E-state index contributed by atoms with van der Waals surface area (Å²) in [7, 11) is 1.48. The van der Waals surface area contributed by atoms with Crippen molar-refractivity contribution in [2.45, 2.75) is 13.0 Å². The molecule has 0 radical (unpaired) electrons. The number of anilines is 1. The molecule has 1 aromatic carbocycles. The van der Waals surface area contributed by atoms with E-state index < -0.39 is 6.04 Å². The number of nitrogens with one attached hydrogen (secondary N) is 1. The van der Waals surface area contributed by atoms with Crippen LogP contribution in [0.5, 0.6) is 5.75 Å². The van der Waals surface area contributed by atoms with E-state index in [1.165, 1.54) is 7.11 Å². The molecule has 8 heteroatoms. The van der Waals surface area contributed by atoms with Gasteiger partial charge in [-0.05, 0) is 35.0 Å². The summed E-state index contributed by atoms with van der Waals surface area (Å²) in [6, 6.07) is 2.55. The highest BCUT2D eigenvalue weighted by Crippen LogP contribution is 2.36. The normalized spacial score (nSPS) is 11.4. The van der Waals surface area contributed by atoms with E-state index in [1.54, 1.807) is 12.1 Å². The van der Waals surface area contributed by atoms with Crippen LogP contribution >= 0.6 is 39.9 Å². The van der Waals surface area contributed by atoms with Gasteiger partial charge in [0.05, 0.1) is 23.4 Å². The van der Waals surface area contributed by atoms with Gasteiger partial charge in [-0.2, -0.15) is 0 Å². The van der Waals surface area contributed by atoms with Gasteiger partial charge in [0, 0.05) is 12.1 Å². The van der Waals surface area contributed by atoms with Gasteiger partial charge in [-0.1, -0.05) is 11.6 Å². The van der Waals surface area contributed by atoms with E-state index in [0.717, 1.165) is 0 Å².